The van der Waals surface area contributed by atoms with Crippen molar-refractivity contribution in [2.24, 2.45) is 0 Å². The van der Waals surface area contributed by atoms with E-state index in [9.17, 15) is 4.79 Å². The Kier molecular flexibility index (Phi) is 3.30. The number of fused-ring (bicyclic) bond motifs is 1. The lowest BCUT2D eigenvalue weighted by atomic mass is 10.1. The number of anilines is 2. The fraction of sp³-hybridized carbons (Fsp3) is 0.500. The topological polar surface area (TPSA) is 64.8 Å². The molecule has 1 amide bonds. The molecule has 0 aliphatic carbocycles. The Morgan fingerprint density at radius 3 is 2.63 bits per heavy atom. The van der Waals surface area contributed by atoms with Crippen molar-refractivity contribution in [1.29, 1.82) is 0 Å². The smallest absolute Gasteiger partial charge is 0.414 e. The fourth-order valence-electron chi connectivity index (χ4n) is 2.22. The van der Waals surface area contributed by atoms with Crippen LogP contribution >= 0.6 is 0 Å². The maximum atomic E-state index is 12.1. The molecule has 1 aromatic rings. The first-order chi connectivity index (χ1) is 8.83. The van der Waals surface area contributed by atoms with E-state index in [-0.39, 0.29) is 6.09 Å². The second kappa shape index (κ2) is 4.64. The molecule has 0 aromatic heterocycles. The summed E-state index contributed by atoms with van der Waals surface area (Å²) in [5.41, 5.74) is 7.74. The summed E-state index contributed by atoms with van der Waals surface area (Å²) in [6, 6.07) is 3.59. The van der Waals surface area contributed by atoms with Gasteiger partial charge in [0.25, 0.3) is 0 Å². The highest BCUT2D eigenvalue weighted by atomic mass is 16.6. The van der Waals surface area contributed by atoms with Crippen LogP contribution in [0.15, 0.2) is 12.1 Å². The van der Waals surface area contributed by atoms with Gasteiger partial charge in [0.2, 0.25) is 0 Å². The second-order valence-corrected chi connectivity index (χ2v) is 5.57. The lowest BCUT2D eigenvalue weighted by Crippen LogP contribution is -2.35. The average Bonchev–Trinajstić information content (AvgIpc) is 2.70. The number of ether oxygens (including phenoxy) is 2. The number of methoxy groups -OCH3 is 1. The van der Waals surface area contributed by atoms with Crippen molar-refractivity contribution in [3.63, 3.8) is 0 Å². The van der Waals surface area contributed by atoms with Gasteiger partial charge in [-0.1, -0.05) is 0 Å². The molecular formula is C14H20N2O3. The van der Waals surface area contributed by atoms with Crippen LogP contribution in [-0.2, 0) is 11.2 Å². The number of carbonyl (C=O) groups excluding carboxylic acids is 1. The minimum atomic E-state index is -0.502. The van der Waals surface area contributed by atoms with E-state index in [0.29, 0.717) is 18.0 Å². The van der Waals surface area contributed by atoms with E-state index < -0.39 is 5.60 Å². The van der Waals surface area contributed by atoms with E-state index in [0.717, 1.165) is 17.7 Å². The van der Waals surface area contributed by atoms with Crippen LogP contribution in [0.2, 0.25) is 0 Å². The molecule has 0 fully saturated rings. The van der Waals surface area contributed by atoms with Crippen LogP contribution in [0.5, 0.6) is 5.75 Å². The molecule has 104 valence electrons. The highest BCUT2D eigenvalue weighted by molar-refractivity contribution is 5.92. The Morgan fingerprint density at radius 2 is 2.05 bits per heavy atom. The van der Waals surface area contributed by atoms with Gasteiger partial charge in [0.05, 0.1) is 18.5 Å². The molecule has 0 saturated heterocycles. The number of rotatable bonds is 1. The number of nitrogens with zero attached hydrogens (tertiary/aromatic N) is 1. The summed E-state index contributed by atoms with van der Waals surface area (Å²) in [6.07, 6.45) is 0.390. The van der Waals surface area contributed by atoms with Crippen LogP contribution in [0.3, 0.4) is 0 Å². The maximum absolute atomic E-state index is 12.1. The summed E-state index contributed by atoms with van der Waals surface area (Å²) in [7, 11) is 1.59. The van der Waals surface area contributed by atoms with Gasteiger partial charge >= 0.3 is 6.09 Å². The first kappa shape index (κ1) is 13.5. The normalized spacial score (nSPS) is 14.2. The molecule has 0 unspecified atom stereocenters. The Bertz CT molecular complexity index is 506. The predicted molar refractivity (Wildman–Crippen MR) is 74.7 cm³/mol. The minimum Gasteiger partial charge on any atom is -0.494 e. The number of nitrogens with two attached hydrogens (primary N) is 1. The monoisotopic (exact) mass is 264 g/mol. The maximum Gasteiger partial charge on any atom is 0.414 e. The van der Waals surface area contributed by atoms with Crippen LogP contribution < -0.4 is 15.4 Å². The van der Waals surface area contributed by atoms with Gasteiger partial charge in [0, 0.05) is 12.1 Å². The number of benzene rings is 1. The van der Waals surface area contributed by atoms with E-state index in [4.69, 9.17) is 15.2 Å². The first-order valence-electron chi connectivity index (χ1n) is 6.29. The van der Waals surface area contributed by atoms with Crippen LogP contribution in [0, 0.1) is 0 Å². The molecule has 1 aromatic carbocycles. The van der Waals surface area contributed by atoms with Gasteiger partial charge in [-0.15, -0.1) is 0 Å². The predicted octanol–water partition coefficient (Wildman–Crippen LogP) is 2.58. The molecule has 19 heavy (non-hydrogen) atoms. The molecule has 1 aliphatic heterocycles. The summed E-state index contributed by atoms with van der Waals surface area (Å²) >= 11 is 0. The Hall–Kier alpha value is -1.91. The summed E-state index contributed by atoms with van der Waals surface area (Å²) in [6.45, 7) is 6.15. The van der Waals surface area contributed by atoms with E-state index >= 15 is 0 Å². The van der Waals surface area contributed by atoms with E-state index in [2.05, 4.69) is 0 Å². The average molecular weight is 264 g/mol. The van der Waals surface area contributed by atoms with Gasteiger partial charge in [0.1, 0.15) is 11.4 Å². The largest absolute Gasteiger partial charge is 0.494 e. The van der Waals surface area contributed by atoms with Crippen molar-refractivity contribution < 1.29 is 14.3 Å². The molecule has 2 N–H and O–H groups in total. The van der Waals surface area contributed by atoms with Crippen molar-refractivity contribution in [3.8, 4) is 5.75 Å². The van der Waals surface area contributed by atoms with Gasteiger partial charge in [0.15, 0.2) is 0 Å². The molecule has 0 spiro atoms. The highest BCUT2D eigenvalue weighted by Crippen LogP contribution is 2.39. The van der Waals surface area contributed by atoms with Gasteiger partial charge in [-0.25, -0.2) is 4.79 Å². The third kappa shape index (κ3) is 2.59. The van der Waals surface area contributed by atoms with Crippen molar-refractivity contribution in [2.75, 3.05) is 24.3 Å². The van der Waals surface area contributed by atoms with Crippen molar-refractivity contribution in [2.45, 2.75) is 32.8 Å². The summed E-state index contributed by atoms with van der Waals surface area (Å²) < 4.78 is 10.7. The van der Waals surface area contributed by atoms with Crippen molar-refractivity contribution >= 4 is 17.5 Å². The number of hydrogen-bond acceptors (Lipinski definition) is 4. The molecule has 5 heteroatoms. The third-order valence-electron chi connectivity index (χ3n) is 2.96. The molecular weight excluding hydrogens is 244 g/mol. The lowest BCUT2D eigenvalue weighted by Gasteiger charge is -2.25. The zero-order valence-corrected chi connectivity index (χ0v) is 11.8. The van der Waals surface area contributed by atoms with E-state index in [1.54, 1.807) is 18.1 Å². The van der Waals surface area contributed by atoms with Crippen LogP contribution in [0.1, 0.15) is 26.3 Å². The van der Waals surface area contributed by atoms with E-state index in [1.807, 2.05) is 26.8 Å². The highest BCUT2D eigenvalue weighted by Gasteiger charge is 2.31. The molecule has 0 bridgehead atoms. The number of carbonyl (C=O) groups is 1. The van der Waals surface area contributed by atoms with Gasteiger partial charge in [-0.05, 0) is 39.3 Å². The van der Waals surface area contributed by atoms with Crippen molar-refractivity contribution in [1.82, 2.24) is 0 Å². The van der Waals surface area contributed by atoms with Gasteiger partial charge < -0.3 is 15.2 Å². The number of hydrogen-bond donors (Lipinski definition) is 1. The molecule has 5 nitrogen and oxygen atoms in total. The SMILES string of the molecule is COc1c(N)ccc2c1CCN2C(=O)OC(C)(C)C. The molecule has 1 heterocycles. The molecule has 0 saturated carbocycles. The Morgan fingerprint density at radius 1 is 1.37 bits per heavy atom. The number of amides is 1. The first-order valence-corrected chi connectivity index (χ1v) is 6.29. The Balaban J connectivity index is 2.30. The van der Waals surface area contributed by atoms with Gasteiger partial charge in [-0.3, -0.25) is 4.90 Å². The molecule has 2 rings (SSSR count). The summed E-state index contributed by atoms with van der Waals surface area (Å²) in [5.74, 6) is 0.656. The van der Waals surface area contributed by atoms with Crippen LogP contribution in [0.4, 0.5) is 16.2 Å². The molecule has 1 aliphatic rings. The summed E-state index contributed by atoms with van der Waals surface area (Å²) in [4.78, 5) is 13.8. The minimum absolute atomic E-state index is 0.335. The fourth-order valence-corrected chi connectivity index (χ4v) is 2.22. The number of nitrogen functional groups attached to an aromatic ring is 1. The molecule has 0 radical (unpaired) electrons. The third-order valence-corrected chi connectivity index (χ3v) is 2.96. The quantitative estimate of drug-likeness (QED) is 0.792. The second-order valence-electron chi connectivity index (χ2n) is 5.57. The lowest BCUT2D eigenvalue weighted by molar-refractivity contribution is 0.0584. The Labute approximate surface area is 113 Å². The van der Waals surface area contributed by atoms with Gasteiger partial charge in [-0.2, -0.15) is 0 Å². The van der Waals surface area contributed by atoms with Crippen LogP contribution in [-0.4, -0.2) is 25.3 Å². The molecule has 0 atom stereocenters. The van der Waals surface area contributed by atoms with Crippen molar-refractivity contribution in [3.05, 3.63) is 17.7 Å². The standard InChI is InChI=1S/C14H20N2O3/c1-14(2,3)19-13(17)16-8-7-9-11(16)6-5-10(15)12(9)18-4/h5-6H,7-8,15H2,1-4H3. The summed E-state index contributed by atoms with van der Waals surface area (Å²) in [5, 5.41) is 0. The zero-order chi connectivity index (χ0) is 14.2. The van der Waals surface area contributed by atoms with Crippen LogP contribution in [0.25, 0.3) is 0 Å². The van der Waals surface area contributed by atoms with E-state index in [1.165, 1.54) is 0 Å². The zero-order valence-electron chi connectivity index (χ0n) is 11.8.